The lowest BCUT2D eigenvalue weighted by Gasteiger charge is -2.25. The van der Waals surface area contributed by atoms with Gasteiger partial charge in [0.1, 0.15) is 5.52 Å². The minimum absolute atomic E-state index is 0.101. The summed E-state index contributed by atoms with van der Waals surface area (Å²) in [5.41, 5.74) is 8.07. The summed E-state index contributed by atoms with van der Waals surface area (Å²) >= 11 is 0. The molecule has 0 aliphatic heterocycles. The number of hydrogen-bond donors (Lipinski definition) is 0. The van der Waals surface area contributed by atoms with Crippen molar-refractivity contribution in [3.05, 3.63) is 72.3 Å². The van der Waals surface area contributed by atoms with Gasteiger partial charge in [0.25, 0.3) is 0 Å². The number of nitrogens with zero attached hydrogens (tertiary/aromatic N) is 3. The summed E-state index contributed by atoms with van der Waals surface area (Å²) in [6, 6.07) is 24.6. The van der Waals surface area contributed by atoms with Crippen LogP contribution >= 0.6 is 0 Å². The number of oxazole rings is 1. The molecule has 0 aliphatic rings. The summed E-state index contributed by atoms with van der Waals surface area (Å²) in [5, 5.41) is 4.97. The molecule has 0 spiro atoms. The Morgan fingerprint density at radius 1 is 0.767 bits per heavy atom. The minimum Gasteiger partial charge on any atom is -0.434 e. The molecule has 0 saturated carbocycles. The molecule has 0 fully saturated rings. The van der Waals surface area contributed by atoms with E-state index in [2.05, 4.69) is 118 Å². The smallest absolute Gasteiger partial charge is 0.227 e. The number of aromatic nitrogens is 2. The molecule has 0 bridgehead atoms. The van der Waals surface area contributed by atoms with Crippen LogP contribution in [0.15, 0.2) is 71.1 Å². The molecule has 0 saturated heterocycles. The van der Waals surface area contributed by atoms with Crippen molar-refractivity contribution < 1.29 is 4.42 Å². The molecule has 4 heteroatoms. The molecule has 0 atom stereocenters. The van der Waals surface area contributed by atoms with Gasteiger partial charge in [-0.3, -0.25) is 0 Å². The molecular weight excluding hydrogens is 526 g/mol. The van der Waals surface area contributed by atoms with Crippen molar-refractivity contribution in [1.82, 2.24) is 9.55 Å². The monoisotopic (exact) mass is 573 g/mol. The average Bonchev–Trinajstić information content (AvgIpc) is 3.60. The van der Waals surface area contributed by atoms with E-state index in [4.69, 9.17) is 9.40 Å². The van der Waals surface area contributed by atoms with E-state index in [0.29, 0.717) is 5.89 Å². The standard InChI is InChI=1S/C39H47N3O/c1-7-10-23-41(24-11-8-2)29-21-22-32-33(26-29)42(25-12-9-3)36-34(32)30-15-13-14-16-31(30)35-37(36)43-38(40-35)27-17-19-28(20-18-27)39(4,5)6/h13-22,26H,7-12,23-25H2,1-6H3. The number of unbranched alkanes of at least 4 members (excludes halogenated alkanes) is 3. The third kappa shape index (κ3) is 5.41. The maximum absolute atomic E-state index is 6.79. The van der Waals surface area contributed by atoms with Gasteiger partial charge in [0.2, 0.25) is 5.89 Å². The predicted octanol–water partition coefficient (Wildman–Crippen LogP) is 11.3. The van der Waals surface area contributed by atoms with Gasteiger partial charge in [-0.2, -0.15) is 0 Å². The van der Waals surface area contributed by atoms with Crippen molar-refractivity contribution >= 4 is 49.4 Å². The molecule has 43 heavy (non-hydrogen) atoms. The molecule has 0 N–H and O–H groups in total. The first-order valence-corrected chi connectivity index (χ1v) is 16.5. The first kappa shape index (κ1) is 29.3. The van der Waals surface area contributed by atoms with E-state index >= 15 is 0 Å². The van der Waals surface area contributed by atoms with Crippen molar-refractivity contribution in [3.8, 4) is 11.5 Å². The van der Waals surface area contributed by atoms with Gasteiger partial charge in [-0.25, -0.2) is 4.98 Å². The average molecular weight is 574 g/mol. The molecule has 2 aromatic heterocycles. The Kier molecular flexibility index (Phi) is 8.22. The summed E-state index contributed by atoms with van der Waals surface area (Å²) in [5.74, 6) is 0.686. The Morgan fingerprint density at radius 2 is 1.44 bits per heavy atom. The first-order valence-electron chi connectivity index (χ1n) is 16.5. The van der Waals surface area contributed by atoms with E-state index in [1.807, 2.05) is 0 Å². The molecule has 0 aliphatic carbocycles. The zero-order valence-electron chi connectivity index (χ0n) is 27.0. The first-order chi connectivity index (χ1) is 20.9. The number of fused-ring (bicyclic) bond motifs is 8. The van der Waals surface area contributed by atoms with E-state index in [9.17, 15) is 0 Å². The summed E-state index contributed by atoms with van der Waals surface area (Å²) in [6.07, 6.45) is 7.09. The van der Waals surface area contributed by atoms with Crippen LogP contribution in [0.25, 0.3) is 55.1 Å². The molecule has 0 unspecified atom stereocenters. The van der Waals surface area contributed by atoms with Crippen molar-refractivity contribution in [1.29, 1.82) is 0 Å². The topological polar surface area (TPSA) is 34.2 Å². The summed E-state index contributed by atoms with van der Waals surface area (Å²) in [7, 11) is 0. The molecule has 4 nitrogen and oxygen atoms in total. The molecular formula is C39H47N3O. The SMILES string of the molecule is CCCCN(CCCC)c1ccc2c3c4ccccc4c4nc(-c5ccc(C(C)(C)C)cc5)oc4c3n(CCCC)c2c1. The molecule has 6 rings (SSSR count). The normalized spacial score (nSPS) is 12.3. The van der Waals surface area contributed by atoms with Crippen LogP contribution in [-0.4, -0.2) is 22.6 Å². The highest BCUT2D eigenvalue weighted by Gasteiger charge is 2.23. The molecule has 6 aromatic rings. The summed E-state index contributed by atoms with van der Waals surface area (Å²) in [4.78, 5) is 7.76. The third-order valence-corrected chi connectivity index (χ3v) is 9.00. The molecule has 4 aromatic carbocycles. The van der Waals surface area contributed by atoms with Crippen LogP contribution in [-0.2, 0) is 12.0 Å². The van der Waals surface area contributed by atoms with Crippen LogP contribution in [0.2, 0.25) is 0 Å². The van der Waals surface area contributed by atoms with E-state index in [0.717, 1.165) is 54.5 Å². The Morgan fingerprint density at radius 3 is 2.09 bits per heavy atom. The molecule has 224 valence electrons. The van der Waals surface area contributed by atoms with Crippen LogP contribution in [0.3, 0.4) is 0 Å². The van der Waals surface area contributed by atoms with Gasteiger partial charge in [0.05, 0.1) is 11.0 Å². The summed E-state index contributed by atoms with van der Waals surface area (Å²) in [6.45, 7) is 16.7. The largest absolute Gasteiger partial charge is 0.434 e. The van der Waals surface area contributed by atoms with Crippen LogP contribution in [0.1, 0.15) is 85.6 Å². The highest BCUT2D eigenvalue weighted by Crippen LogP contribution is 2.43. The maximum Gasteiger partial charge on any atom is 0.227 e. The van der Waals surface area contributed by atoms with E-state index < -0.39 is 0 Å². The lowest BCUT2D eigenvalue weighted by Crippen LogP contribution is -2.25. The van der Waals surface area contributed by atoms with E-state index in [1.54, 1.807) is 0 Å². The lowest BCUT2D eigenvalue weighted by atomic mass is 9.87. The number of benzene rings is 4. The summed E-state index contributed by atoms with van der Waals surface area (Å²) < 4.78 is 9.32. The van der Waals surface area contributed by atoms with Gasteiger partial charge in [-0.05, 0) is 59.9 Å². The fraction of sp³-hybridized carbons (Fsp3) is 0.410. The highest BCUT2D eigenvalue weighted by atomic mass is 16.3. The fourth-order valence-corrected chi connectivity index (χ4v) is 6.47. The highest BCUT2D eigenvalue weighted by molar-refractivity contribution is 6.30. The van der Waals surface area contributed by atoms with Gasteiger partial charge >= 0.3 is 0 Å². The molecule has 0 radical (unpaired) electrons. The van der Waals surface area contributed by atoms with Crippen LogP contribution in [0, 0.1) is 0 Å². The van der Waals surface area contributed by atoms with Crippen LogP contribution in [0.4, 0.5) is 5.69 Å². The Bertz CT molecular complexity index is 1860. The minimum atomic E-state index is 0.101. The predicted molar refractivity (Wildman–Crippen MR) is 186 cm³/mol. The second-order valence-electron chi connectivity index (χ2n) is 13.2. The Hall–Kier alpha value is -3.79. The third-order valence-electron chi connectivity index (χ3n) is 9.00. The quantitative estimate of drug-likeness (QED) is 0.155. The Balaban J connectivity index is 1.62. The fourth-order valence-electron chi connectivity index (χ4n) is 6.47. The van der Waals surface area contributed by atoms with Crippen molar-refractivity contribution in [2.75, 3.05) is 18.0 Å². The number of hydrogen-bond acceptors (Lipinski definition) is 3. The maximum atomic E-state index is 6.79. The van der Waals surface area contributed by atoms with Crippen molar-refractivity contribution in [2.45, 2.75) is 92.0 Å². The van der Waals surface area contributed by atoms with Crippen molar-refractivity contribution in [3.63, 3.8) is 0 Å². The second kappa shape index (κ2) is 12.1. The van der Waals surface area contributed by atoms with E-state index in [1.165, 1.54) is 64.1 Å². The second-order valence-corrected chi connectivity index (χ2v) is 13.2. The number of anilines is 1. The van der Waals surface area contributed by atoms with Gasteiger partial charge in [-0.1, -0.05) is 103 Å². The van der Waals surface area contributed by atoms with Gasteiger partial charge in [0, 0.05) is 47.0 Å². The van der Waals surface area contributed by atoms with Crippen LogP contribution in [0.5, 0.6) is 0 Å². The van der Waals surface area contributed by atoms with Gasteiger partial charge in [0.15, 0.2) is 5.58 Å². The number of aryl methyl sites for hydroxylation is 1. The molecule has 2 heterocycles. The van der Waals surface area contributed by atoms with Gasteiger partial charge in [-0.15, -0.1) is 0 Å². The number of rotatable bonds is 11. The van der Waals surface area contributed by atoms with E-state index in [-0.39, 0.29) is 5.41 Å². The lowest BCUT2D eigenvalue weighted by molar-refractivity contribution is 0.589. The van der Waals surface area contributed by atoms with Crippen LogP contribution < -0.4 is 4.90 Å². The zero-order chi connectivity index (χ0) is 30.1. The van der Waals surface area contributed by atoms with Crippen molar-refractivity contribution in [2.24, 2.45) is 0 Å². The van der Waals surface area contributed by atoms with Gasteiger partial charge < -0.3 is 13.9 Å². The molecule has 0 amide bonds. The Labute approximate surface area is 256 Å². The zero-order valence-corrected chi connectivity index (χ0v) is 27.0.